The number of hydrogen-bond acceptors (Lipinski definition) is 4. The number of carbonyl (C=O) groups excluding carboxylic acids is 1. The van der Waals surface area contributed by atoms with E-state index in [0.717, 1.165) is 33.6 Å². The number of carbonyl (C=O) groups is 1. The van der Waals surface area contributed by atoms with Crippen LogP contribution in [-0.2, 0) is 11.2 Å². The Balaban J connectivity index is 1.96. The molecule has 0 aliphatic heterocycles. The molecule has 3 aromatic rings. The van der Waals surface area contributed by atoms with E-state index in [1.165, 1.54) is 11.3 Å². The normalized spacial score (nSPS) is 10.9. The first-order chi connectivity index (χ1) is 9.26. The molecule has 0 bridgehead atoms. The smallest absolute Gasteiger partial charge is 0.306 e. The maximum atomic E-state index is 11.2. The number of aromatic nitrogens is 3. The van der Waals surface area contributed by atoms with Gasteiger partial charge >= 0.3 is 5.69 Å². The Morgan fingerprint density at radius 1 is 1.26 bits per heavy atom. The van der Waals surface area contributed by atoms with Crippen LogP contribution in [0.2, 0.25) is 0 Å². The molecular formula is C13H11N3O2S. The van der Waals surface area contributed by atoms with Crippen molar-refractivity contribution in [1.82, 2.24) is 15.0 Å². The van der Waals surface area contributed by atoms with Crippen molar-refractivity contribution in [1.29, 1.82) is 0 Å². The molecule has 0 atom stereocenters. The molecule has 0 unspecified atom stereocenters. The average molecular weight is 273 g/mol. The molecule has 0 amide bonds. The van der Waals surface area contributed by atoms with Crippen LogP contribution in [0.3, 0.4) is 0 Å². The molecule has 2 aromatic heterocycles. The number of hydrogen-bond donors (Lipinski definition) is 2. The Morgan fingerprint density at radius 3 is 2.95 bits per heavy atom. The van der Waals surface area contributed by atoms with Gasteiger partial charge in [-0.25, -0.2) is 9.78 Å². The van der Waals surface area contributed by atoms with Crippen LogP contribution in [-0.4, -0.2) is 21.2 Å². The monoisotopic (exact) mass is 273 g/mol. The van der Waals surface area contributed by atoms with Crippen LogP contribution in [0.4, 0.5) is 0 Å². The predicted octanol–water partition coefficient (Wildman–Crippen LogP) is 2.11. The van der Waals surface area contributed by atoms with Crippen molar-refractivity contribution in [3.63, 3.8) is 0 Å². The second-order valence-corrected chi connectivity index (χ2v) is 5.05. The van der Waals surface area contributed by atoms with Crippen LogP contribution in [0.1, 0.15) is 12.1 Å². The van der Waals surface area contributed by atoms with Gasteiger partial charge in [-0.05, 0) is 24.6 Å². The van der Waals surface area contributed by atoms with Gasteiger partial charge in [-0.1, -0.05) is 0 Å². The number of H-pyrrole nitrogens is 2. The highest BCUT2D eigenvalue weighted by molar-refractivity contribution is 7.13. The maximum Gasteiger partial charge on any atom is 0.323 e. The number of rotatable bonds is 4. The van der Waals surface area contributed by atoms with Crippen molar-refractivity contribution in [2.24, 2.45) is 0 Å². The standard InChI is InChI=1S/C13H11N3O2S/c17-5-1-2-9-7-19-12(14-9)8-3-4-10-11(6-8)16-13(18)15-10/h3-7H,1-2H2,(H2,15,16,18). The summed E-state index contributed by atoms with van der Waals surface area (Å²) >= 11 is 1.54. The predicted molar refractivity (Wildman–Crippen MR) is 74.4 cm³/mol. The molecule has 0 spiro atoms. The summed E-state index contributed by atoms with van der Waals surface area (Å²) in [5.74, 6) is 0. The first-order valence-corrected chi connectivity index (χ1v) is 6.75. The molecule has 0 saturated heterocycles. The summed E-state index contributed by atoms with van der Waals surface area (Å²) in [5.41, 5.74) is 3.23. The van der Waals surface area contributed by atoms with E-state index in [0.29, 0.717) is 12.8 Å². The van der Waals surface area contributed by atoms with Crippen molar-refractivity contribution >= 4 is 28.7 Å². The minimum atomic E-state index is -0.210. The number of fused-ring (bicyclic) bond motifs is 1. The number of nitrogens with zero attached hydrogens (tertiary/aromatic N) is 1. The maximum absolute atomic E-state index is 11.2. The second kappa shape index (κ2) is 4.81. The fourth-order valence-corrected chi connectivity index (χ4v) is 2.78. The summed E-state index contributed by atoms with van der Waals surface area (Å²) in [6, 6.07) is 5.68. The number of thiazole rings is 1. The zero-order chi connectivity index (χ0) is 13.2. The molecular weight excluding hydrogens is 262 g/mol. The number of aromatic amines is 2. The van der Waals surface area contributed by atoms with E-state index < -0.39 is 0 Å². The number of benzene rings is 1. The van der Waals surface area contributed by atoms with Gasteiger partial charge in [0.05, 0.1) is 16.7 Å². The molecule has 5 nitrogen and oxygen atoms in total. The summed E-state index contributed by atoms with van der Waals surface area (Å²) < 4.78 is 0. The van der Waals surface area contributed by atoms with Crippen LogP contribution in [0.25, 0.3) is 21.6 Å². The summed E-state index contributed by atoms with van der Waals surface area (Å²) in [4.78, 5) is 31.5. The van der Waals surface area contributed by atoms with Crippen LogP contribution < -0.4 is 5.69 Å². The molecule has 19 heavy (non-hydrogen) atoms. The van der Waals surface area contributed by atoms with Crippen molar-refractivity contribution in [3.8, 4) is 10.6 Å². The molecule has 0 aliphatic rings. The fourth-order valence-electron chi connectivity index (χ4n) is 1.93. The molecule has 0 aliphatic carbocycles. The first-order valence-electron chi connectivity index (χ1n) is 5.87. The van der Waals surface area contributed by atoms with Crippen LogP contribution in [0, 0.1) is 0 Å². The Bertz CT molecular complexity index is 784. The topological polar surface area (TPSA) is 78.6 Å². The van der Waals surface area contributed by atoms with Gasteiger partial charge in [-0.15, -0.1) is 11.3 Å². The lowest BCUT2D eigenvalue weighted by molar-refractivity contribution is -0.107. The van der Waals surface area contributed by atoms with Gasteiger partial charge in [0.25, 0.3) is 0 Å². The molecule has 96 valence electrons. The summed E-state index contributed by atoms with van der Waals surface area (Å²) in [5, 5.41) is 2.85. The molecule has 0 radical (unpaired) electrons. The Hall–Kier alpha value is -2.21. The molecule has 2 N–H and O–H groups in total. The molecule has 2 heterocycles. The van der Waals surface area contributed by atoms with Gasteiger partial charge in [-0.3, -0.25) is 0 Å². The lowest BCUT2D eigenvalue weighted by atomic mass is 10.2. The van der Waals surface area contributed by atoms with Gasteiger partial charge in [0.1, 0.15) is 11.3 Å². The summed E-state index contributed by atoms with van der Waals surface area (Å²) in [6.45, 7) is 0. The molecule has 3 rings (SSSR count). The van der Waals surface area contributed by atoms with E-state index in [1.807, 2.05) is 23.6 Å². The van der Waals surface area contributed by atoms with E-state index in [9.17, 15) is 9.59 Å². The quantitative estimate of drug-likeness (QED) is 0.715. The highest BCUT2D eigenvalue weighted by Crippen LogP contribution is 2.26. The second-order valence-electron chi connectivity index (χ2n) is 4.19. The van der Waals surface area contributed by atoms with Crippen LogP contribution in [0.15, 0.2) is 28.4 Å². The third-order valence-electron chi connectivity index (χ3n) is 2.83. The lowest BCUT2D eigenvalue weighted by Gasteiger charge is -1.96. The highest BCUT2D eigenvalue weighted by Gasteiger charge is 2.06. The van der Waals surface area contributed by atoms with Crippen molar-refractivity contribution in [2.45, 2.75) is 12.8 Å². The highest BCUT2D eigenvalue weighted by atomic mass is 32.1. The minimum Gasteiger partial charge on any atom is -0.306 e. The minimum absolute atomic E-state index is 0.210. The fraction of sp³-hybridized carbons (Fsp3) is 0.154. The third kappa shape index (κ3) is 2.34. The van der Waals surface area contributed by atoms with Gasteiger partial charge in [0, 0.05) is 17.4 Å². The largest absolute Gasteiger partial charge is 0.323 e. The zero-order valence-corrected chi connectivity index (χ0v) is 10.8. The van der Waals surface area contributed by atoms with E-state index in [2.05, 4.69) is 15.0 Å². The lowest BCUT2D eigenvalue weighted by Crippen LogP contribution is -1.99. The zero-order valence-electron chi connectivity index (χ0n) is 9.97. The van der Waals surface area contributed by atoms with Gasteiger partial charge in [0.15, 0.2) is 0 Å². The van der Waals surface area contributed by atoms with E-state index >= 15 is 0 Å². The SMILES string of the molecule is O=CCCc1csc(-c2ccc3[nH]c(=O)[nH]c3c2)n1. The van der Waals surface area contributed by atoms with Crippen LogP contribution >= 0.6 is 11.3 Å². The van der Waals surface area contributed by atoms with Crippen molar-refractivity contribution < 1.29 is 4.79 Å². The van der Waals surface area contributed by atoms with Gasteiger partial charge in [-0.2, -0.15) is 0 Å². The Morgan fingerprint density at radius 2 is 2.11 bits per heavy atom. The third-order valence-corrected chi connectivity index (χ3v) is 3.77. The van der Waals surface area contributed by atoms with Crippen molar-refractivity contribution in [3.05, 3.63) is 39.8 Å². The number of aldehydes is 1. The molecule has 0 fully saturated rings. The Labute approximate surface area is 112 Å². The van der Waals surface area contributed by atoms with E-state index in [4.69, 9.17) is 0 Å². The molecule has 6 heteroatoms. The number of aryl methyl sites for hydroxylation is 1. The van der Waals surface area contributed by atoms with E-state index in [-0.39, 0.29) is 5.69 Å². The van der Waals surface area contributed by atoms with Gasteiger partial charge < -0.3 is 14.8 Å². The summed E-state index contributed by atoms with van der Waals surface area (Å²) in [7, 11) is 0. The van der Waals surface area contributed by atoms with E-state index in [1.54, 1.807) is 0 Å². The van der Waals surface area contributed by atoms with Crippen molar-refractivity contribution in [2.75, 3.05) is 0 Å². The molecule has 0 saturated carbocycles. The van der Waals surface area contributed by atoms with Gasteiger partial charge in [0.2, 0.25) is 0 Å². The number of nitrogens with one attached hydrogen (secondary N) is 2. The first kappa shape index (κ1) is 11.9. The van der Waals surface area contributed by atoms with Crippen LogP contribution in [0.5, 0.6) is 0 Å². The summed E-state index contributed by atoms with van der Waals surface area (Å²) in [6.07, 6.45) is 2.06. The number of imidazole rings is 1. The Kier molecular flexibility index (Phi) is 3.00. The average Bonchev–Trinajstić information content (AvgIpc) is 3.00. The molecule has 1 aromatic carbocycles.